The van der Waals surface area contributed by atoms with Crippen molar-refractivity contribution in [3.63, 3.8) is 0 Å². The van der Waals surface area contributed by atoms with Gasteiger partial charge in [0.25, 0.3) is 0 Å². The molecule has 1 fully saturated rings. The van der Waals surface area contributed by atoms with Crippen LogP contribution in [0.3, 0.4) is 0 Å². The lowest BCUT2D eigenvalue weighted by Gasteiger charge is -2.07. The molecule has 0 aromatic carbocycles. The van der Waals surface area contributed by atoms with Crippen molar-refractivity contribution in [2.24, 2.45) is 0 Å². The molecule has 1 saturated carbocycles. The molecule has 1 nitrogen and oxygen atoms in total. The summed E-state index contributed by atoms with van der Waals surface area (Å²) < 4.78 is 0. The maximum Gasteiger partial charge on any atom is 0.0602 e. The van der Waals surface area contributed by atoms with Crippen LogP contribution in [0, 0.1) is 30.9 Å². The number of hydrogen-bond acceptors (Lipinski definition) is 2. The Hall–Kier alpha value is 0.310. The highest BCUT2D eigenvalue weighted by Gasteiger charge is 2.17. The summed E-state index contributed by atoms with van der Waals surface area (Å²) in [5, 5.41) is 10.2. The molecule has 55 valence electrons. The first-order chi connectivity index (χ1) is 4.79. The number of thioether (sulfide) groups is 1. The topological polar surface area (TPSA) is 20.2 Å². The van der Waals surface area contributed by atoms with Crippen LogP contribution in [0.1, 0.15) is 6.92 Å². The van der Waals surface area contributed by atoms with Crippen LogP contribution in [0.4, 0.5) is 0 Å². The Morgan fingerprint density at radius 3 is 2.60 bits per heavy atom. The second-order valence-corrected chi connectivity index (χ2v) is 3.37. The van der Waals surface area contributed by atoms with Crippen molar-refractivity contribution in [3.05, 3.63) is 30.9 Å². The van der Waals surface area contributed by atoms with Gasteiger partial charge in [-0.1, -0.05) is 0 Å². The zero-order valence-corrected chi connectivity index (χ0v) is 6.77. The first-order valence-electron chi connectivity index (χ1n) is 3.31. The minimum Gasteiger partial charge on any atom is -0.393 e. The van der Waals surface area contributed by atoms with E-state index < -0.39 is 0 Å². The maximum atomic E-state index is 8.93. The molecule has 0 saturated heterocycles. The molecular formula is C8H11OS. The molecule has 0 bridgehead atoms. The van der Waals surface area contributed by atoms with Crippen LogP contribution < -0.4 is 0 Å². The first kappa shape index (κ1) is 8.41. The van der Waals surface area contributed by atoms with Crippen LogP contribution in [-0.4, -0.2) is 17.0 Å². The van der Waals surface area contributed by atoms with E-state index in [1.807, 2.05) is 25.7 Å². The maximum absolute atomic E-state index is 8.93. The highest BCUT2D eigenvalue weighted by molar-refractivity contribution is 8.02. The molecule has 1 aliphatic carbocycles. The summed E-state index contributed by atoms with van der Waals surface area (Å²) in [6, 6.07) is 0. The van der Waals surface area contributed by atoms with Crippen LogP contribution in [0.15, 0.2) is 0 Å². The van der Waals surface area contributed by atoms with Crippen molar-refractivity contribution < 1.29 is 5.11 Å². The van der Waals surface area contributed by atoms with Crippen LogP contribution >= 0.6 is 11.8 Å². The third kappa shape index (κ3) is 2.93. The van der Waals surface area contributed by atoms with Gasteiger partial charge in [0.15, 0.2) is 0 Å². The Morgan fingerprint density at radius 1 is 1.50 bits per heavy atom. The van der Waals surface area contributed by atoms with Gasteiger partial charge in [-0.15, -0.1) is 0 Å². The summed E-state index contributed by atoms with van der Waals surface area (Å²) in [5.41, 5.74) is 0. The van der Waals surface area contributed by atoms with Gasteiger partial charge in [-0.3, -0.25) is 0 Å². The van der Waals surface area contributed by atoms with Crippen molar-refractivity contribution >= 4 is 11.8 Å². The lowest BCUT2D eigenvalue weighted by molar-refractivity contribution is 0.220. The Morgan fingerprint density at radius 2 is 2.10 bits per heavy atom. The lowest BCUT2D eigenvalue weighted by Crippen LogP contribution is -2.04. The average molecular weight is 155 g/mol. The molecule has 1 rings (SSSR count). The molecule has 1 aliphatic rings. The molecule has 0 amide bonds. The van der Waals surface area contributed by atoms with Gasteiger partial charge in [0, 0.05) is 11.0 Å². The van der Waals surface area contributed by atoms with E-state index in [1.165, 1.54) is 5.25 Å². The summed E-state index contributed by atoms with van der Waals surface area (Å²) >= 11 is 1.69. The molecule has 5 radical (unpaired) electrons. The minimum absolute atomic E-state index is 0.208. The van der Waals surface area contributed by atoms with Crippen molar-refractivity contribution in [2.45, 2.75) is 13.0 Å². The van der Waals surface area contributed by atoms with Crippen LogP contribution in [0.5, 0.6) is 0 Å². The van der Waals surface area contributed by atoms with Crippen LogP contribution in [-0.2, 0) is 0 Å². The molecule has 2 heteroatoms. The summed E-state index contributed by atoms with van der Waals surface area (Å²) in [4.78, 5) is 0. The fourth-order valence-electron chi connectivity index (χ4n) is 0.669. The van der Waals surface area contributed by atoms with E-state index in [1.54, 1.807) is 18.7 Å². The normalized spacial score (nSPS) is 23.4. The van der Waals surface area contributed by atoms with Gasteiger partial charge in [0.2, 0.25) is 0 Å². The van der Waals surface area contributed by atoms with Gasteiger partial charge in [0.05, 0.1) is 6.10 Å². The molecule has 1 atom stereocenters. The Labute approximate surface area is 67.2 Å². The zero-order chi connectivity index (χ0) is 7.40. The van der Waals surface area contributed by atoms with E-state index in [0.717, 1.165) is 5.75 Å². The summed E-state index contributed by atoms with van der Waals surface area (Å²) in [6.45, 7) is 1.80. The lowest BCUT2D eigenvalue weighted by atomic mass is 10.4. The first-order valence-corrected chi connectivity index (χ1v) is 4.30. The third-order valence-electron chi connectivity index (χ3n) is 1.12. The quantitative estimate of drug-likeness (QED) is 0.666. The standard InChI is InChI=1S/C8H11OS/c1-7(9)6-10-8-4-2-3-5-8/h2-5,7,9H,6H2,1H3/t7-/m0/s1. The molecule has 0 aromatic rings. The molecule has 0 unspecified atom stereocenters. The van der Waals surface area contributed by atoms with Crippen molar-refractivity contribution in [2.75, 3.05) is 5.75 Å². The summed E-state index contributed by atoms with van der Waals surface area (Å²) in [5.74, 6) is 0.782. The van der Waals surface area contributed by atoms with E-state index in [4.69, 9.17) is 5.11 Å². The average Bonchev–Trinajstić information content (AvgIpc) is 2.34. The zero-order valence-electron chi connectivity index (χ0n) is 5.95. The predicted octanol–water partition coefficient (Wildman–Crippen LogP) is 1.46. The predicted molar refractivity (Wildman–Crippen MR) is 44.6 cm³/mol. The monoisotopic (exact) mass is 155 g/mol. The molecule has 0 aliphatic heterocycles. The van der Waals surface area contributed by atoms with Crippen LogP contribution in [0.2, 0.25) is 0 Å². The summed E-state index contributed by atoms with van der Waals surface area (Å²) in [7, 11) is 0. The molecule has 10 heavy (non-hydrogen) atoms. The SMILES string of the molecule is C[C@H](O)CS[C]1[CH][CH][CH][CH]1. The summed E-state index contributed by atoms with van der Waals surface area (Å²) in [6.07, 6.45) is 7.90. The smallest absolute Gasteiger partial charge is 0.0602 e. The highest BCUT2D eigenvalue weighted by Crippen LogP contribution is 2.33. The second kappa shape index (κ2) is 4.24. The van der Waals surface area contributed by atoms with Gasteiger partial charge in [-0.05, 0) is 32.6 Å². The van der Waals surface area contributed by atoms with Gasteiger partial charge in [-0.25, -0.2) is 0 Å². The van der Waals surface area contributed by atoms with Crippen molar-refractivity contribution in [3.8, 4) is 0 Å². The van der Waals surface area contributed by atoms with Gasteiger partial charge >= 0.3 is 0 Å². The molecule has 0 spiro atoms. The Kier molecular flexibility index (Phi) is 3.57. The van der Waals surface area contributed by atoms with Crippen molar-refractivity contribution in [1.82, 2.24) is 0 Å². The van der Waals surface area contributed by atoms with Gasteiger partial charge < -0.3 is 5.11 Å². The number of rotatable bonds is 3. The highest BCUT2D eigenvalue weighted by atomic mass is 32.2. The number of aliphatic hydroxyl groups is 1. The van der Waals surface area contributed by atoms with E-state index in [2.05, 4.69) is 0 Å². The van der Waals surface area contributed by atoms with E-state index in [9.17, 15) is 0 Å². The van der Waals surface area contributed by atoms with Gasteiger partial charge in [-0.2, -0.15) is 11.8 Å². The fourth-order valence-corrected chi connectivity index (χ4v) is 1.45. The van der Waals surface area contributed by atoms with Crippen LogP contribution in [0.25, 0.3) is 0 Å². The molecule has 1 N–H and O–H groups in total. The van der Waals surface area contributed by atoms with E-state index >= 15 is 0 Å². The molecular weight excluding hydrogens is 144 g/mol. The second-order valence-electron chi connectivity index (χ2n) is 2.28. The molecule has 0 aromatic heterocycles. The largest absolute Gasteiger partial charge is 0.393 e. The van der Waals surface area contributed by atoms with E-state index in [-0.39, 0.29) is 6.10 Å². The minimum atomic E-state index is -0.208. The Balaban J connectivity index is 2.01. The van der Waals surface area contributed by atoms with Crippen molar-refractivity contribution in [1.29, 1.82) is 0 Å². The fraction of sp³-hybridized carbons (Fsp3) is 0.375. The van der Waals surface area contributed by atoms with Gasteiger partial charge in [0.1, 0.15) is 0 Å². The Bertz CT molecular complexity index is 87.3. The molecule has 0 heterocycles. The number of aliphatic hydroxyl groups excluding tert-OH is 1. The van der Waals surface area contributed by atoms with E-state index in [0.29, 0.717) is 0 Å². The number of hydrogen-bond donors (Lipinski definition) is 1. The third-order valence-corrected chi connectivity index (χ3v) is 2.38.